The van der Waals surface area contributed by atoms with Gasteiger partial charge in [0, 0.05) is 5.92 Å². The van der Waals surface area contributed by atoms with E-state index in [0.29, 0.717) is 0 Å². The molecular formula is C10H15NO3. The van der Waals surface area contributed by atoms with Crippen LogP contribution in [0.3, 0.4) is 0 Å². The van der Waals surface area contributed by atoms with Crippen molar-refractivity contribution in [2.24, 2.45) is 11.8 Å². The summed E-state index contributed by atoms with van der Waals surface area (Å²) in [6.45, 7) is 0. The molecule has 0 aromatic heterocycles. The third kappa shape index (κ3) is 1.89. The molecule has 14 heavy (non-hydrogen) atoms. The summed E-state index contributed by atoms with van der Waals surface area (Å²) in [7, 11) is 0. The minimum Gasteiger partial charge on any atom is -0.480 e. The summed E-state index contributed by atoms with van der Waals surface area (Å²) in [6.07, 6.45) is 4.80. The highest BCUT2D eigenvalue weighted by atomic mass is 16.4. The Morgan fingerprint density at radius 3 is 2.21 bits per heavy atom. The number of rotatable bonds is 4. The zero-order chi connectivity index (χ0) is 10.1. The monoisotopic (exact) mass is 197 g/mol. The van der Waals surface area contributed by atoms with Gasteiger partial charge in [0.1, 0.15) is 6.04 Å². The number of carbonyl (C=O) groups is 2. The summed E-state index contributed by atoms with van der Waals surface area (Å²) < 4.78 is 0. The number of nitrogens with one attached hydrogen (secondary N) is 1. The predicted octanol–water partition coefficient (Wildman–Crippen LogP) is 0.766. The van der Waals surface area contributed by atoms with Crippen molar-refractivity contribution in [1.29, 1.82) is 0 Å². The van der Waals surface area contributed by atoms with Crippen LogP contribution in [0.5, 0.6) is 0 Å². The van der Waals surface area contributed by atoms with Crippen molar-refractivity contribution in [2.45, 2.75) is 38.1 Å². The van der Waals surface area contributed by atoms with Crippen molar-refractivity contribution in [1.82, 2.24) is 5.32 Å². The van der Waals surface area contributed by atoms with E-state index in [0.717, 1.165) is 32.1 Å². The second kappa shape index (κ2) is 3.59. The molecule has 2 fully saturated rings. The Bertz CT molecular complexity index is 256. The van der Waals surface area contributed by atoms with Gasteiger partial charge in [0.05, 0.1) is 0 Å². The molecule has 0 saturated heterocycles. The van der Waals surface area contributed by atoms with E-state index in [4.69, 9.17) is 5.11 Å². The minimum atomic E-state index is -0.889. The molecule has 0 radical (unpaired) electrons. The van der Waals surface area contributed by atoms with Gasteiger partial charge in [-0.05, 0) is 31.6 Å². The van der Waals surface area contributed by atoms with Crippen molar-refractivity contribution >= 4 is 11.9 Å². The van der Waals surface area contributed by atoms with Gasteiger partial charge in [-0.2, -0.15) is 0 Å². The number of aliphatic carboxylic acids is 1. The van der Waals surface area contributed by atoms with Crippen molar-refractivity contribution in [3.05, 3.63) is 0 Å². The standard InChI is InChI=1S/C10H15NO3/c12-9(7-2-1-3-7)11-8(10(13)14)6-4-5-6/h6-8H,1-5H2,(H,11,12)(H,13,14). The molecule has 4 heteroatoms. The van der Waals surface area contributed by atoms with E-state index in [-0.39, 0.29) is 17.7 Å². The molecule has 1 unspecified atom stereocenters. The first kappa shape index (κ1) is 9.49. The first-order valence-corrected chi connectivity index (χ1v) is 5.21. The second-order valence-electron chi connectivity index (χ2n) is 4.29. The number of amides is 1. The highest BCUT2D eigenvalue weighted by molar-refractivity contribution is 5.85. The molecule has 78 valence electrons. The fourth-order valence-corrected chi connectivity index (χ4v) is 1.75. The highest BCUT2D eigenvalue weighted by Crippen LogP contribution is 2.33. The smallest absolute Gasteiger partial charge is 0.326 e. The van der Waals surface area contributed by atoms with Crippen molar-refractivity contribution in [2.75, 3.05) is 0 Å². The van der Waals surface area contributed by atoms with Crippen LogP contribution in [-0.2, 0) is 9.59 Å². The normalized spacial score (nSPS) is 23.7. The van der Waals surface area contributed by atoms with Crippen molar-refractivity contribution in [3.8, 4) is 0 Å². The Labute approximate surface area is 82.7 Å². The molecule has 2 N–H and O–H groups in total. The van der Waals surface area contributed by atoms with Crippen molar-refractivity contribution < 1.29 is 14.7 Å². The zero-order valence-corrected chi connectivity index (χ0v) is 8.03. The molecule has 0 bridgehead atoms. The maximum absolute atomic E-state index is 11.5. The van der Waals surface area contributed by atoms with Gasteiger partial charge in [-0.25, -0.2) is 4.79 Å². The molecule has 2 rings (SSSR count). The van der Waals surface area contributed by atoms with E-state index in [1.807, 2.05) is 0 Å². The maximum atomic E-state index is 11.5. The van der Waals surface area contributed by atoms with Crippen LogP contribution in [0.4, 0.5) is 0 Å². The molecule has 0 aromatic rings. The lowest BCUT2D eigenvalue weighted by Gasteiger charge is -2.26. The number of carbonyl (C=O) groups excluding carboxylic acids is 1. The highest BCUT2D eigenvalue weighted by Gasteiger charge is 2.38. The summed E-state index contributed by atoms with van der Waals surface area (Å²) in [5, 5.41) is 11.5. The Morgan fingerprint density at radius 2 is 1.86 bits per heavy atom. The average molecular weight is 197 g/mol. The molecule has 2 saturated carbocycles. The molecule has 0 aromatic carbocycles. The second-order valence-corrected chi connectivity index (χ2v) is 4.29. The van der Waals surface area contributed by atoms with Crippen LogP contribution < -0.4 is 5.32 Å². The zero-order valence-electron chi connectivity index (χ0n) is 8.03. The molecule has 0 spiro atoms. The van der Waals surface area contributed by atoms with Gasteiger partial charge in [-0.3, -0.25) is 4.79 Å². The van der Waals surface area contributed by atoms with Crippen LogP contribution in [-0.4, -0.2) is 23.0 Å². The van der Waals surface area contributed by atoms with Crippen LogP contribution in [0.1, 0.15) is 32.1 Å². The van der Waals surface area contributed by atoms with Crippen LogP contribution in [0, 0.1) is 11.8 Å². The largest absolute Gasteiger partial charge is 0.480 e. The van der Waals surface area contributed by atoms with Gasteiger partial charge in [0.15, 0.2) is 0 Å². The van der Waals surface area contributed by atoms with Gasteiger partial charge >= 0.3 is 5.97 Å². The summed E-state index contributed by atoms with van der Waals surface area (Å²) >= 11 is 0. The Balaban J connectivity index is 1.86. The quantitative estimate of drug-likeness (QED) is 0.699. The van der Waals surface area contributed by atoms with E-state index in [1.165, 1.54) is 0 Å². The average Bonchev–Trinajstić information content (AvgIpc) is 2.78. The van der Waals surface area contributed by atoms with Gasteiger partial charge in [0.2, 0.25) is 5.91 Å². The summed E-state index contributed by atoms with van der Waals surface area (Å²) in [6, 6.07) is -0.636. The maximum Gasteiger partial charge on any atom is 0.326 e. The summed E-state index contributed by atoms with van der Waals surface area (Å²) in [4.78, 5) is 22.3. The Morgan fingerprint density at radius 1 is 1.21 bits per heavy atom. The van der Waals surface area contributed by atoms with E-state index >= 15 is 0 Å². The molecule has 4 nitrogen and oxygen atoms in total. The van der Waals surface area contributed by atoms with Gasteiger partial charge in [0.25, 0.3) is 0 Å². The third-order valence-corrected chi connectivity index (χ3v) is 3.13. The topological polar surface area (TPSA) is 66.4 Å². The fraction of sp³-hybridized carbons (Fsp3) is 0.800. The Kier molecular flexibility index (Phi) is 2.44. The predicted molar refractivity (Wildman–Crippen MR) is 49.6 cm³/mol. The van der Waals surface area contributed by atoms with E-state index < -0.39 is 12.0 Å². The lowest BCUT2D eigenvalue weighted by molar-refractivity contribution is -0.143. The van der Waals surface area contributed by atoms with Gasteiger partial charge in [-0.15, -0.1) is 0 Å². The van der Waals surface area contributed by atoms with Crippen LogP contribution in [0.25, 0.3) is 0 Å². The molecular weight excluding hydrogens is 182 g/mol. The Hall–Kier alpha value is -1.06. The van der Waals surface area contributed by atoms with Crippen molar-refractivity contribution in [3.63, 3.8) is 0 Å². The fourth-order valence-electron chi connectivity index (χ4n) is 1.75. The first-order chi connectivity index (χ1) is 6.68. The number of carboxylic acid groups (broad SMARTS) is 1. The first-order valence-electron chi connectivity index (χ1n) is 5.21. The van der Waals surface area contributed by atoms with E-state index in [1.54, 1.807) is 0 Å². The van der Waals surface area contributed by atoms with E-state index in [2.05, 4.69) is 5.32 Å². The molecule has 0 heterocycles. The third-order valence-electron chi connectivity index (χ3n) is 3.13. The number of hydrogen-bond acceptors (Lipinski definition) is 2. The number of carboxylic acids is 1. The number of hydrogen-bond donors (Lipinski definition) is 2. The van der Waals surface area contributed by atoms with Gasteiger partial charge in [-0.1, -0.05) is 6.42 Å². The minimum absolute atomic E-state index is 0.0597. The van der Waals surface area contributed by atoms with Gasteiger partial charge < -0.3 is 10.4 Å². The lowest BCUT2D eigenvalue weighted by atomic mass is 9.84. The molecule has 1 atom stereocenters. The lowest BCUT2D eigenvalue weighted by Crippen LogP contribution is -2.46. The van der Waals surface area contributed by atoms with Crippen LogP contribution >= 0.6 is 0 Å². The SMILES string of the molecule is O=C(NC(C(=O)O)C1CC1)C1CCC1. The summed E-state index contributed by atoms with van der Waals surface area (Å²) in [5.74, 6) is -0.692. The van der Waals surface area contributed by atoms with Crippen LogP contribution in [0.2, 0.25) is 0 Å². The summed E-state index contributed by atoms with van der Waals surface area (Å²) in [5.41, 5.74) is 0. The molecule has 1 amide bonds. The molecule has 2 aliphatic carbocycles. The van der Waals surface area contributed by atoms with E-state index in [9.17, 15) is 9.59 Å². The molecule has 0 aliphatic heterocycles. The van der Waals surface area contributed by atoms with Crippen LogP contribution in [0.15, 0.2) is 0 Å². The molecule has 2 aliphatic rings.